The number of piperidine rings is 1. The highest BCUT2D eigenvalue weighted by Crippen LogP contribution is 2.25. The fourth-order valence-electron chi connectivity index (χ4n) is 3.55. The van der Waals surface area contributed by atoms with Gasteiger partial charge in [-0.1, -0.05) is 12.1 Å². The van der Waals surface area contributed by atoms with E-state index < -0.39 is 0 Å². The van der Waals surface area contributed by atoms with Crippen molar-refractivity contribution in [1.82, 2.24) is 10.2 Å². The molecule has 2 aromatic rings. The fourth-order valence-corrected chi connectivity index (χ4v) is 3.55. The molecular formula is C23H32N2O2. The van der Waals surface area contributed by atoms with Crippen LogP contribution in [0.15, 0.2) is 36.4 Å². The molecule has 27 heavy (non-hydrogen) atoms. The predicted octanol–water partition coefficient (Wildman–Crippen LogP) is 4.62. The molecule has 4 heteroatoms. The summed E-state index contributed by atoms with van der Waals surface area (Å²) in [5.41, 5.74) is 0.446. The zero-order valence-corrected chi connectivity index (χ0v) is 17.2. The summed E-state index contributed by atoms with van der Waals surface area (Å²) in [6.07, 6.45) is 2.43. The highest BCUT2D eigenvalue weighted by atomic mass is 16.5. The van der Waals surface area contributed by atoms with Crippen molar-refractivity contribution in [3.8, 4) is 5.75 Å². The minimum absolute atomic E-state index is 0.0401. The zero-order chi connectivity index (χ0) is 19.6. The summed E-state index contributed by atoms with van der Waals surface area (Å²) < 4.78 is 6.23. The molecule has 1 fully saturated rings. The molecular weight excluding hydrogens is 336 g/mol. The van der Waals surface area contributed by atoms with Crippen LogP contribution in [0.5, 0.6) is 5.75 Å². The predicted molar refractivity (Wildman–Crippen MR) is 112 cm³/mol. The maximum Gasteiger partial charge on any atom is 0.251 e. The van der Waals surface area contributed by atoms with Gasteiger partial charge in [-0.3, -0.25) is 4.79 Å². The summed E-state index contributed by atoms with van der Waals surface area (Å²) in [6.45, 7) is 12.7. The number of hydrogen-bond acceptors (Lipinski definition) is 3. The summed E-state index contributed by atoms with van der Waals surface area (Å²) in [4.78, 5) is 14.9. The third-order valence-corrected chi connectivity index (χ3v) is 5.07. The van der Waals surface area contributed by atoms with Crippen molar-refractivity contribution in [2.45, 2.75) is 65.1 Å². The third-order valence-electron chi connectivity index (χ3n) is 5.07. The van der Waals surface area contributed by atoms with Crippen LogP contribution >= 0.6 is 0 Å². The molecule has 1 saturated heterocycles. The Morgan fingerprint density at radius 3 is 2.33 bits per heavy atom. The van der Waals surface area contributed by atoms with Gasteiger partial charge in [0.2, 0.25) is 0 Å². The normalized spacial score (nSPS) is 16.7. The molecule has 4 nitrogen and oxygen atoms in total. The second kappa shape index (κ2) is 7.89. The maximum atomic E-state index is 12.4. The molecule has 1 amide bonds. The van der Waals surface area contributed by atoms with Gasteiger partial charge in [-0.2, -0.15) is 0 Å². The molecule has 0 unspecified atom stereocenters. The molecule has 1 aliphatic rings. The van der Waals surface area contributed by atoms with Crippen LogP contribution in [0.2, 0.25) is 0 Å². The van der Waals surface area contributed by atoms with E-state index in [1.807, 2.05) is 51.1 Å². The molecule has 1 heterocycles. The Labute approximate surface area is 162 Å². The van der Waals surface area contributed by atoms with Crippen molar-refractivity contribution < 1.29 is 9.53 Å². The minimum atomic E-state index is -0.241. The molecule has 0 radical (unpaired) electrons. The SMILES string of the molecule is CC(C)N1CCC(Oc2ccc3cc(C(=O)NC(C)(C)C)ccc3c2)CC1. The summed E-state index contributed by atoms with van der Waals surface area (Å²) >= 11 is 0. The van der Waals surface area contributed by atoms with Gasteiger partial charge in [-0.05, 0) is 82.5 Å². The van der Waals surface area contributed by atoms with Crippen LogP contribution in [0.3, 0.4) is 0 Å². The van der Waals surface area contributed by atoms with Gasteiger partial charge in [0.05, 0.1) is 0 Å². The van der Waals surface area contributed by atoms with E-state index in [0.29, 0.717) is 11.6 Å². The number of hydrogen-bond donors (Lipinski definition) is 1. The van der Waals surface area contributed by atoms with Crippen LogP contribution in [0.25, 0.3) is 10.8 Å². The summed E-state index contributed by atoms with van der Waals surface area (Å²) in [5, 5.41) is 5.16. The Balaban J connectivity index is 1.68. The number of benzene rings is 2. The van der Waals surface area contributed by atoms with Crippen molar-refractivity contribution in [3.63, 3.8) is 0 Å². The minimum Gasteiger partial charge on any atom is -0.490 e. The van der Waals surface area contributed by atoms with Gasteiger partial charge in [0.1, 0.15) is 11.9 Å². The monoisotopic (exact) mass is 368 g/mol. The van der Waals surface area contributed by atoms with Gasteiger partial charge in [0.25, 0.3) is 5.91 Å². The topological polar surface area (TPSA) is 41.6 Å². The number of carbonyl (C=O) groups is 1. The largest absolute Gasteiger partial charge is 0.490 e. The van der Waals surface area contributed by atoms with Gasteiger partial charge < -0.3 is 15.0 Å². The van der Waals surface area contributed by atoms with Gasteiger partial charge in [-0.25, -0.2) is 0 Å². The molecule has 0 bridgehead atoms. The number of amides is 1. The Bertz CT molecular complexity index is 800. The Morgan fingerprint density at radius 1 is 1.07 bits per heavy atom. The lowest BCUT2D eigenvalue weighted by atomic mass is 10.0. The number of rotatable bonds is 4. The first-order chi connectivity index (χ1) is 12.7. The number of nitrogens with one attached hydrogen (secondary N) is 1. The van der Waals surface area contributed by atoms with Crippen LogP contribution in [0.1, 0.15) is 57.8 Å². The standard InChI is InChI=1S/C23H32N2O2/c1-16(2)25-12-10-20(11-13-25)27-21-9-8-17-14-19(7-6-18(17)15-21)22(26)24-23(3,4)5/h6-9,14-16,20H,10-13H2,1-5H3,(H,24,26). The summed E-state index contributed by atoms with van der Waals surface area (Å²) in [6, 6.07) is 12.6. The van der Waals surface area contributed by atoms with E-state index in [1.54, 1.807) is 0 Å². The van der Waals surface area contributed by atoms with E-state index in [2.05, 4.69) is 30.1 Å². The summed E-state index contributed by atoms with van der Waals surface area (Å²) in [5.74, 6) is 0.874. The highest BCUT2D eigenvalue weighted by Gasteiger charge is 2.22. The van der Waals surface area contributed by atoms with Crippen LogP contribution in [-0.4, -0.2) is 41.6 Å². The zero-order valence-electron chi connectivity index (χ0n) is 17.2. The molecule has 2 aromatic carbocycles. The molecule has 0 aliphatic carbocycles. The highest BCUT2D eigenvalue weighted by molar-refractivity contribution is 5.99. The van der Waals surface area contributed by atoms with Crippen LogP contribution in [-0.2, 0) is 0 Å². The van der Waals surface area contributed by atoms with Gasteiger partial charge >= 0.3 is 0 Å². The molecule has 0 spiro atoms. The number of nitrogens with zero attached hydrogens (tertiary/aromatic N) is 1. The molecule has 0 aromatic heterocycles. The smallest absolute Gasteiger partial charge is 0.251 e. The van der Waals surface area contributed by atoms with E-state index in [4.69, 9.17) is 4.74 Å². The number of fused-ring (bicyclic) bond motifs is 1. The molecule has 3 rings (SSSR count). The van der Waals surface area contributed by atoms with E-state index in [9.17, 15) is 4.79 Å². The molecule has 0 atom stereocenters. The Morgan fingerprint density at radius 2 is 1.70 bits per heavy atom. The average molecular weight is 369 g/mol. The van der Waals surface area contributed by atoms with E-state index in [0.717, 1.165) is 42.5 Å². The number of ether oxygens (including phenoxy) is 1. The first kappa shape index (κ1) is 19.7. The summed E-state index contributed by atoms with van der Waals surface area (Å²) in [7, 11) is 0. The molecule has 0 saturated carbocycles. The van der Waals surface area contributed by atoms with Crippen molar-refractivity contribution in [1.29, 1.82) is 0 Å². The first-order valence-corrected chi connectivity index (χ1v) is 9.98. The van der Waals surface area contributed by atoms with Crippen molar-refractivity contribution in [2.24, 2.45) is 0 Å². The van der Waals surface area contributed by atoms with E-state index in [1.165, 1.54) is 0 Å². The quantitative estimate of drug-likeness (QED) is 0.856. The second-order valence-electron chi connectivity index (χ2n) is 8.87. The van der Waals surface area contributed by atoms with E-state index >= 15 is 0 Å². The molecule has 1 aliphatic heterocycles. The maximum absolute atomic E-state index is 12.4. The van der Waals surface area contributed by atoms with Gasteiger partial charge in [-0.15, -0.1) is 0 Å². The molecule has 146 valence electrons. The Kier molecular flexibility index (Phi) is 5.75. The lowest BCUT2D eigenvalue weighted by molar-refractivity contribution is 0.0844. The van der Waals surface area contributed by atoms with Gasteiger partial charge in [0, 0.05) is 30.2 Å². The van der Waals surface area contributed by atoms with Gasteiger partial charge in [0.15, 0.2) is 0 Å². The Hall–Kier alpha value is -2.07. The lowest BCUT2D eigenvalue weighted by Crippen LogP contribution is -2.41. The van der Waals surface area contributed by atoms with Crippen LogP contribution < -0.4 is 10.1 Å². The van der Waals surface area contributed by atoms with Crippen molar-refractivity contribution in [3.05, 3.63) is 42.0 Å². The third kappa shape index (κ3) is 5.23. The fraction of sp³-hybridized carbons (Fsp3) is 0.522. The van der Waals surface area contributed by atoms with Crippen LogP contribution in [0, 0.1) is 0 Å². The second-order valence-corrected chi connectivity index (χ2v) is 8.87. The average Bonchev–Trinajstić information content (AvgIpc) is 2.60. The van der Waals surface area contributed by atoms with Crippen molar-refractivity contribution >= 4 is 16.7 Å². The van der Waals surface area contributed by atoms with Crippen LogP contribution in [0.4, 0.5) is 0 Å². The van der Waals surface area contributed by atoms with E-state index in [-0.39, 0.29) is 17.6 Å². The molecule has 1 N–H and O–H groups in total. The number of likely N-dealkylation sites (tertiary alicyclic amines) is 1. The lowest BCUT2D eigenvalue weighted by Gasteiger charge is -2.34. The first-order valence-electron chi connectivity index (χ1n) is 9.98. The van der Waals surface area contributed by atoms with Crippen molar-refractivity contribution in [2.75, 3.05) is 13.1 Å². The number of carbonyl (C=O) groups excluding carboxylic acids is 1.